The highest BCUT2D eigenvalue weighted by Crippen LogP contribution is 2.15. The fourth-order valence-corrected chi connectivity index (χ4v) is 1.50. The largest absolute Gasteiger partial charge is 0.351 e. The molecule has 0 saturated heterocycles. The number of aromatic nitrogens is 2. The average molecular weight is 280 g/mol. The first-order valence-corrected chi connectivity index (χ1v) is 6.58. The van der Waals surface area contributed by atoms with Crippen LogP contribution >= 0.6 is 35.0 Å². The van der Waals surface area contributed by atoms with E-state index in [0.29, 0.717) is 11.8 Å². The summed E-state index contributed by atoms with van der Waals surface area (Å²) in [5, 5.41) is 10.4. The van der Waals surface area contributed by atoms with Crippen LogP contribution in [0.2, 0.25) is 10.3 Å². The lowest BCUT2D eigenvalue weighted by Gasteiger charge is -2.10. The third-order valence-corrected chi connectivity index (χ3v) is 3.35. The van der Waals surface area contributed by atoms with Crippen molar-refractivity contribution in [3.8, 4) is 0 Å². The van der Waals surface area contributed by atoms with E-state index >= 15 is 0 Å². The molecule has 1 unspecified atom stereocenters. The second-order valence-electron chi connectivity index (χ2n) is 3.13. The number of carbonyl (C=O) groups is 1. The molecule has 0 radical (unpaired) electrons. The summed E-state index contributed by atoms with van der Waals surface area (Å²) < 4.78 is 0. The maximum atomic E-state index is 11.7. The summed E-state index contributed by atoms with van der Waals surface area (Å²) in [5.74, 6) is -0.289. The van der Waals surface area contributed by atoms with Crippen LogP contribution in [0.4, 0.5) is 0 Å². The van der Waals surface area contributed by atoms with Crippen LogP contribution in [-0.4, -0.2) is 34.2 Å². The molecule has 1 atom stereocenters. The maximum Gasteiger partial charge on any atom is 0.254 e. The lowest BCUT2D eigenvalue weighted by atomic mass is 10.3. The van der Waals surface area contributed by atoms with E-state index in [-0.39, 0.29) is 21.8 Å². The normalized spacial score (nSPS) is 12.2. The van der Waals surface area contributed by atoms with Crippen molar-refractivity contribution in [3.05, 3.63) is 21.9 Å². The third kappa shape index (κ3) is 3.81. The van der Waals surface area contributed by atoms with Gasteiger partial charge in [0.2, 0.25) is 0 Å². The summed E-state index contributed by atoms with van der Waals surface area (Å²) in [6.45, 7) is 2.58. The van der Waals surface area contributed by atoms with Gasteiger partial charge in [-0.3, -0.25) is 4.79 Å². The molecule has 0 bridgehead atoms. The van der Waals surface area contributed by atoms with Crippen LogP contribution in [-0.2, 0) is 0 Å². The highest BCUT2D eigenvalue weighted by Gasteiger charge is 2.13. The fourth-order valence-electron chi connectivity index (χ4n) is 0.927. The highest BCUT2D eigenvalue weighted by atomic mass is 35.5. The summed E-state index contributed by atoms with van der Waals surface area (Å²) >= 11 is 13.0. The van der Waals surface area contributed by atoms with Gasteiger partial charge in [-0.1, -0.05) is 30.1 Å². The fraction of sp³-hybridized carbons (Fsp3) is 0.444. The van der Waals surface area contributed by atoms with Crippen molar-refractivity contribution < 1.29 is 4.79 Å². The molecule has 1 rings (SSSR count). The Morgan fingerprint density at radius 2 is 2.25 bits per heavy atom. The zero-order valence-corrected chi connectivity index (χ0v) is 11.2. The predicted octanol–water partition coefficient (Wildman–Crippen LogP) is 2.26. The van der Waals surface area contributed by atoms with Crippen LogP contribution in [0.3, 0.4) is 0 Å². The van der Waals surface area contributed by atoms with Crippen molar-refractivity contribution in [3.63, 3.8) is 0 Å². The predicted molar refractivity (Wildman–Crippen MR) is 67.4 cm³/mol. The van der Waals surface area contributed by atoms with Crippen LogP contribution in [0.5, 0.6) is 0 Å². The number of thioether (sulfide) groups is 1. The zero-order valence-electron chi connectivity index (χ0n) is 8.83. The monoisotopic (exact) mass is 279 g/mol. The molecule has 1 N–H and O–H groups in total. The number of halogens is 2. The van der Waals surface area contributed by atoms with Gasteiger partial charge < -0.3 is 5.32 Å². The smallest absolute Gasteiger partial charge is 0.254 e. The Morgan fingerprint density at radius 3 is 2.88 bits per heavy atom. The molecule has 1 amide bonds. The van der Waals surface area contributed by atoms with Gasteiger partial charge in [-0.2, -0.15) is 11.8 Å². The Bertz CT molecular complexity index is 389. The number of amides is 1. The molecule has 0 aliphatic rings. The van der Waals surface area contributed by atoms with Crippen LogP contribution in [0, 0.1) is 0 Å². The zero-order chi connectivity index (χ0) is 12.1. The van der Waals surface area contributed by atoms with Crippen LogP contribution in [0.25, 0.3) is 0 Å². The van der Waals surface area contributed by atoms with Crippen molar-refractivity contribution in [1.82, 2.24) is 15.5 Å². The molecule has 0 aliphatic carbocycles. The van der Waals surface area contributed by atoms with Gasteiger partial charge in [0.15, 0.2) is 10.3 Å². The standard InChI is InChI=1S/C9H11Cl2N3OS/c1-5(16-2)4-12-9(15)6-3-7(10)13-14-8(6)11/h3,5H,4H2,1-2H3,(H,12,15). The summed E-state index contributed by atoms with van der Waals surface area (Å²) in [5.41, 5.74) is 0.245. The van der Waals surface area contributed by atoms with Crippen molar-refractivity contribution in [2.45, 2.75) is 12.2 Å². The minimum atomic E-state index is -0.289. The van der Waals surface area contributed by atoms with Gasteiger partial charge >= 0.3 is 0 Å². The summed E-state index contributed by atoms with van der Waals surface area (Å²) in [6.07, 6.45) is 1.98. The van der Waals surface area contributed by atoms with E-state index in [0.717, 1.165) is 0 Å². The summed E-state index contributed by atoms with van der Waals surface area (Å²) in [7, 11) is 0. The first kappa shape index (κ1) is 13.5. The van der Waals surface area contributed by atoms with Crippen molar-refractivity contribution >= 4 is 40.9 Å². The van der Waals surface area contributed by atoms with Gasteiger partial charge in [-0.15, -0.1) is 10.2 Å². The highest BCUT2D eigenvalue weighted by molar-refractivity contribution is 7.99. The number of hydrogen-bond donors (Lipinski definition) is 1. The molecule has 7 heteroatoms. The third-order valence-electron chi connectivity index (χ3n) is 1.92. The molecule has 0 aromatic carbocycles. The Morgan fingerprint density at radius 1 is 1.56 bits per heavy atom. The molecule has 0 spiro atoms. The SMILES string of the molecule is CSC(C)CNC(=O)c1cc(Cl)nnc1Cl. The molecule has 4 nitrogen and oxygen atoms in total. The first-order chi connectivity index (χ1) is 7.54. The van der Waals surface area contributed by atoms with E-state index in [4.69, 9.17) is 23.2 Å². The van der Waals surface area contributed by atoms with Crippen molar-refractivity contribution in [2.75, 3.05) is 12.8 Å². The van der Waals surface area contributed by atoms with Gasteiger partial charge in [-0.05, 0) is 12.3 Å². The summed E-state index contributed by atoms with van der Waals surface area (Å²) in [4.78, 5) is 11.7. The van der Waals surface area contributed by atoms with Gasteiger partial charge in [0.25, 0.3) is 5.91 Å². The minimum absolute atomic E-state index is 0.0544. The lowest BCUT2D eigenvalue weighted by molar-refractivity contribution is 0.0953. The molecule has 1 aromatic heterocycles. The Kier molecular flexibility index (Phi) is 5.31. The molecule has 0 fully saturated rings. The van der Waals surface area contributed by atoms with Crippen molar-refractivity contribution in [1.29, 1.82) is 0 Å². The van der Waals surface area contributed by atoms with E-state index < -0.39 is 0 Å². The van der Waals surface area contributed by atoms with Gasteiger partial charge in [0.1, 0.15) is 0 Å². The lowest BCUT2D eigenvalue weighted by Crippen LogP contribution is -2.29. The van der Waals surface area contributed by atoms with E-state index in [2.05, 4.69) is 15.5 Å². The second-order valence-corrected chi connectivity index (χ2v) is 5.15. The molecule has 88 valence electrons. The maximum absolute atomic E-state index is 11.7. The molecule has 16 heavy (non-hydrogen) atoms. The number of rotatable bonds is 4. The van der Waals surface area contributed by atoms with E-state index in [1.165, 1.54) is 6.07 Å². The Labute approximate surface area is 108 Å². The molecular weight excluding hydrogens is 269 g/mol. The molecule has 0 saturated carbocycles. The molecule has 0 aliphatic heterocycles. The van der Waals surface area contributed by atoms with E-state index in [9.17, 15) is 4.79 Å². The number of nitrogens with zero attached hydrogens (tertiary/aromatic N) is 2. The van der Waals surface area contributed by atoms with E-state index in [1.807, 2.05) is 13.2 Å². The minimum Gasteiger partial charge on any atom is -0.351 e. The Hall–Kier alpha value is -0.520. The first-order valence-electron chi connectivity index (χ1n) is 4.54. The quantitative estimate of drug-likeness (QED) is 0.919. The topological polar surface area (TPSA) is 54.9 Å². The molecule has 1 aromatic rings. The Balaban J connectivity index is 2.69. The van der Waals surface area contributed by atoms with Gasteiger partial charge in [-0.25, -0.2) is 0 Å². The summed E-state index contributed by atoms with van der Waals surface area (Å²) in [6, 6.07) is 1.40. The van der Waals surface area contributed by atoms with Gasteiger partial charge in [0.05, 0.1) is 5.56 Å². The van der Waals surface area contributed by atoms with Crippen molar-refractivity contribution in [2.24, 2.45) is 0 Å². The number of hydrogen-bond acceptors (Lipinski definition) is 4. The van der Waals surface area contributed by atoms with Gasteiger partial charge in [0, 0.05) is 11.8 Å². The van der Waals surface area contributed by atoms with E-state index in [1.54, 1.807) is 11.8 Å². The molecule has 1 heterocycles. The van der Waals surface area contributed by atoms with Crippen LogP contribution in [0.1, 0.15) is 17.3 Å². The molecular formula is C9H11Cl2N3OS. The van der Waals surface area contributed by atoms with Crippen LogP contribution < -0.4 is 5.32 Å². The number of carbonyl (C=O) groups excluding carboxylic acids is 1. The second kappa shape index (κ2) is 6.27. The number of nitrogens with one attached hydrogen (secondary N) is 1. The van der Waals surface area contributed by atoms with Crippen LogP contribution in [0.15, 0.2) is 6.07 Å². The average Bonchev–Trinajstić information content (AvgIpc) is 2.28.